The number of fused-ring (bicyclic) bond motifs is 1. The molecule has 5 nitrogen and oxygen atoms in total. The highest BCUT2D eigenvalue weighted by molar-refractivity contribution is 5.99. The van der Waals surface area contributed by atoms with Gasteiger partial charge in [0, 0.05) is 23.5 Å². The zero-order valence-corrected chi connectivity index (χ0v) is 20.4. The molecule has 0 radical (unpaired) electrons. The molecule has 1 N–H and O–H groups in total. The SMILES string of the molecule is Cc1ccc(-c2c(OC(=O)N(C)C(C)(C)C)c(CC(C)(C)C)nc3ccc(O)cc23)cc1. The molecule has 1 amide bonds. The van der Waals surface area contributed by atoms with E-state index in [1.54, 1.807) is 30.1 Å². The number of rotatable bonds is 3. The Bertz CT molecular complexity index is 1140. The quantitative estimate of drug-likeness (QED) is 0.496. The molecule has 170 valence electrons. The molecule has 2 aromatic carbocycles. The number of aromatic nitrogens is 1. The van der Waals surface area contributed by atoms with Crippen molar-refractivity contribution in [1.29, 1.82) is 0 Å². The molecule has 0 spiro atoms. The van der Waals surface area contributed by atoms with Gasteiger partial charge in [0.15, 0.2) is 5.75 Å². The van der Waals surface area contributed by atoms with Crippen molar-refractivity contribution in [3.8, 4) is 22.6 Å². The summed E-state index contributed by atoms with van der Waals surface area (Å²) in [6.45, 7) is 14.3. The first-order valence-electron chi connectivity index (χ1n) is 10.9. The molecule has 0 aliphatic rings. The lowest BCUT2D eigenvalue weighted by molar-refractivity contribution is 0.124. The Morgan fingerprint density at radius 3 is 2.22 bits per heavy atom. The van der Waals surface area contributed by atoms with Gasteiger partial charge in [0.25, 0.3) is 0 Å². The van der Waals surface area contributed by atoms with E-state index < -0.39 is 11.6 Å². The van der Waals surface area contributed by atoms with Crippen molar-refractivity contribution in [2.45, 2.75) is 60.4 Å². The van der Waals surface area contributed by atoms with E-state index in [0.29, 0.717) is 12.2 Å². The van der Waals surface area contributed by atoms with Crippen LogP contribution < -0.4 is 4.74 Å². The predicted molar refractivity (Wildman–Crippen MR) is 130 cm³/mol. The Hall–Kier alpha value is -3.08. The number of ether oxygens (including phenoxy) is 1. The Balaban J connectivity index is 2.33. The van der Waals surface area contributed by atoms with E-state index in [4.69, 9.17) is 9.72 Å². The maximum absolute atomic E-state index is 13.1. The highest BCUT2D eigenvalue weighted by Crippen LogP contribution is 2.42. The maximum Gasteiger partial charge on any atom is 0.415 e. The van der Waals surface area contributed by atoms with E-state index in [9.17, 15) is 9.90 Å². The summed E-state index contributed by atoms with van der Waals surface area (Å²) in [4.78, 5) is 19.6. The fourth-order valence-corrected chi connectivity index (χ4v) is 3.45. The topological polar surface area (TPSA) is 62.7 Å². The van der Waals surface area contributed by atoms with Crippen LogP contribution in [0.5, 0.6) is 11.5 Å². The second-order valence-electron chi connectivity index (χ2n) is 10.7. The lowest BCUT2D eigenvalue weighted by Crippen LogP contribution is -2.44. The van der Waals surface area contributed by atoms with Gasteiger partial charge in [0.2, 0.25) is 0 Å². The van der Waals surface area contributed by atoms with Crippen molar-refractivity contribution in [1.82, 2.24) is 9.88 Å². The van der Waals surface area contributed by atoms with Crippen molar-refractivity contribution < 1.29 is 14.6 Å². The molecule has 0 fully saturated rings. The number of carbonyl (C=O) groups is 1. The highest BCUT2D eigenvalue weighted by Gasteiger charge is 2.29. The van der Waals surface area contributed by atoms with Gasteiger partial charge in [0.1, 0.15) is 5.75 Å². The number of aromatic hydroxyl groups is 1. The minimum absolute atomic E-state index is 0.0702. The number of aryl methyl sites for hydroxylation is 1. The van der Waals surface area contributed by atoms with Crippen LogP contribution in [0.15, 0.2) is 42.5 Å². The molecule has 0 unspecified atom stereocenters. The number of hydrogen-bond donors (Lipinski definition) is 1. The van der Waals surface area contributed by atoms with E-state index in [-0.39, 0.29) is 11.2 Å². The average Bonchev–Trinajstić information content (AvgIpc) is 2.67. The summed E-state index contributed by atoms with van der Waals surface area (Å²) in [5.74, 6) is 0.586. The van der Waals surface area contributed by atoms with Crippen LogP contribution in [-0.4, -0.2) is 33.7 Å². The fraction of sp³-hybridized carbons (Fsp3) is 0.407. The van der Waals surface area contributed by atoms with E-state index >= 15 is 0 Å². The van der Waals surface area contributed by atoms with Gasteiger partial charge in [0.05, 0.1) is 11.2 Å². The van der Waals surface area contributed by atoms with E-state index in [1.165, 1.54) is 0 Å². The van der Waals surface area contributed by atoms with Crippen LogP contribution in [0.2, 0.25) is 0 Å². The van der Waals surface area contributed by atoms with Crippen LogP contribution >= 0.6 is 0 Å². The summed E-state index contributed by atoms with van der Waals surface area (Å²) < 4.78 is 6.09. The first-order chi connectivity index (χ1) is 14.8. The number of hydrogen-bond acceptors (Lipinski definition) is 4. The standard InChI is InChI=1S/C27H34N2O3/c1-17-9-11-18(12-10-17)23-20-15-19(30)13-14-21(20)28-22(16-26(2,3)4)24(23)32-25(31)29(8)27(5,6)7/h9-15,30H,16H2,1-8H3. The molecular weight excluding hydrogens is 400 g/mol. The van der Waals surface area contributed by atoms with Gasteiger partial charge < -0.3 is 14.7 Å². The fourth-order valence-electron chi connectivity index (χ4n) is 3.45. The lowest BCUT2D eigenvalue weighted by Gasteiger charge is -2.31. The molecule has 0 saturated heterocycles. The van der Waals surface area contributed by atoms with Crippen LogP contribution in [0.3, 0.4) is 0 Å². The van der Waals surface area contributed by atoms with Crippen LogP contribution in [0, 0.1) is 12.3 Å². The van der Waals surface area contributed by atoms with Crippen molar-refractivity contribution in [2.24, 2.45) is 5.41 Å². The van der Waals surface area contributed by atoms with E-state index in [1.807, 2.05) is 52.0 Å². The highest BCUT2D eigenvalue weighted by atomic mass is 16.6. The summed E-state index contributed by atoms with van der Waals surface area (Å²) in [7, 11) is 1.73. The first kappa shape index (κ1) is 23.6. The minimum Gasteiger partial charge on any atom is -0.508 e. The third-order valence-electron chi connectivity index (χ3n) is 5.50. The maximum atomic E-state index is 13.1. The van der Waals surface area contributed by atoms with Crippen molar-refractivity contribution in [2.75, 3.05) is 7.05 Å². The molecule has 0 bridgehead atoms. The second kappa shape index (κ2) is 8.45. The van der Waals surface area contributed by atoms with Gasteiger partial charge in [-0.3, -0.25) is 0 Å². The molecule has 0 aliphatic carbocycles. The summed E-state index contributed by atoms with van der Waals surface area (Å²) in [5.41, 5.74) is 3.82. The monoisotopic (exact) mass is 434 g/mol. The largest absolute Gasteiger partial charge is 0.508 e. The molecule has 0 aliphatic heterocycles. The third-order valence-corrected chi connectivity index (χ3v) is 5.50. The normalized spacial score (nSPS) is 12.1. The van der Waals surface area contributed by atoms with Gasteiger partial charge in [-0.25, -0.2) is 9.78 Å². The van der Waals surface area contributed by atoms with Crippen molar-refractivity contribution in [3.63, 3.8) is 0 Å². The Kier molecular flexibility index (Phi) is 6.23. The molecule has 1 heterocycles. The summed E-state index contributed by atoms with van der Waals surface area (Å²) in [5, 5.41) is 11.0. The second-order valence-corrected chi connectivity index (χ2v) is 10.7. The predicted octanol–water partition coefficient (Wildman–Crippen LogP) is 6.73. The Morgan fingerprint density at radius 2 is 1.66 bits per heavy atom. The van der Waals surface area contributed by atoms with E-state index in [2.05, 4.69) is 20.8 Å². The van der Waals surface area contributed by atoms with Gasteiger partial charge in [-0.05, 0) is 63.3 Å². The molecule has 3 aromatic rings. The molecule has 32 heavy (non-hydrogen) atoms. The van der Waals surface area contributed by atoms with Crippen LogP contribution in [0.1, 0.15) is 52.8 Å². The molecule has 1 aromatic heterocycles. The molecule has 5 heteroatoms. The number of pyridine rings is 1. The number of amides is 1. The van der Waals surface area contributed by atoms with Crippen molar-refractivity contribution in [3.05, 3.63) is 53.7 Å². The van der Waals surface area contributed by atoms with Gasteiger partial charge in [-0.2, -0.15) is 0 Å². The molecule has 0 atom stereocenters. The van der Waals surface area contributed by atoms with Gasteiger partial charge in [-0.15, -0.1) is 0 Å². The van der Waals surface area contributed by atoms with Gasteiger partial charge in [-0.1, -0.05) is 50.6 Å². The molecule has 0 saturated carbocycles. The van der Waals surface area contributed by atoms with E-state index in [0.717, 1.165) is 33.3 Å². The average molecular weight is 435 g/mol. The first-order valence-corrected chi connectivity index (χ1v) is 10.9. The minimum atomic E-state index is -0.442. The zero-order valence-electron chi connectivity index (χ0n) is 20.4. The molecular formula is C27H34N2O3. The number of nitrogens with zero attached hydrogens (tertiary/aromatic N) is 2. The number of phenolic OH excluding ortho intramolecular Hbond substituents is 1. The summed E-state index contributed by atoms with van der Waals surface area (Å²) in [6, 6.07) is 13.2. The lowest BCUT2D eigenvalue weighted by atomic mass is 9.88. The number of phenols is 1. The van der Waals surface area contributed by atoms with Gasteiger partial charge >= 0.3 is 6.09 Å². The van der Waals surface area contributed by atoms with Crippen molar-refractivity contribution >= 4 is 17.0 Å². The van der Waals surface area contributed by atoms with Crippen LogP contribution in [0.4, 0.5) is 4.79 Å². The zero-order chi connectivity index (χ0) is 23.8. The summed E-state index contributed by atoms with van der Waals surface area (Å²) >= 11 is 0. The van der Waals surface area contributed by atoms with Crippen LogP contribution in [-0.2, 0) is 6.42 Å². The summed E-state index contributed by atoms with van der Waals surface area (Å²) in [6.07, 6.45) is 0.187. The van der Waals surface area contributed by atoms with Crippen LogP contribution in [0.25, 0.3) is 22.0 Å². The Labute approximate surface area is 191 Å². The number of carbonyl (C=O) groups excluding carboxylic acids is 1. The number of benzene rings is 2. The smallest absolute Gasteiger partial charge is 0.415 e. The Morgan fingerprint density at radius 1 is 1.03 bits per heavy atom. The third kappa shape index (κ3) is 5.21. The molecule has 3 rings (SSSR count).